The fraction of sp³-hybridized carbons (Fsp3) is 0.368. The van der Waals surface area contributed by atoms with E-state index in [-0.39, 0.29) is 23.6 Å². The number of hydrogen-bond acceptors (Lipinski definition) is 2. The highest BCUT2D eigenvalue weighted by Gasteiger charge is 2.49. The lowest BCUT2D eigenvalue weighted by molar-refractivity contribution is -0.107. The predicted octanol–water partition coefficient (Wildman–Crippen LogP) is 4.36. The molecule has 0 saturated carbocycles. The van der Waals surface area contributed by atoms with Gasteiger partial charge < -0.3 is 10.5 Å². The summed E-state index contributed by atoms with van der Waals surface area (Å²) >= 11 is 0. The van der Waals surface area contributed by atoms with Crippen molar-refractivity contribution in [3.05, 3.63) is 71.3 Å². The maximum Gasteiger partial charge on any atom is 0.120 e. The first-order chi connectivity index (χ1) is 10.1. The third-order valence-corrected chi connectivity index (χ3v) is 4.41. The Labute approximate surface area is 139 Å². The molecule has 1 aliphatic rings. The van der Waals surface area contributed by atoms with Crippen molar-refractivity contribution in [3.8, 4) is 0 Å². The lowest BCUT2D eigenvalue weighted by Gasteiger charge is -2.33. The number of fused-ring (bicyclic) bond motifs is 1. The minimum absolute atomic E-state index is 0. The van der Waals surface area contributed by atoms with Gasteiger partial charge in [-0.2, -0.15) is 0 Å². The van der Waals surface area contributed by atoms with Crippen molar-refractivity contribution in [2.45, 2.75) is 37.9 Å². The summed E-state index contributed by atoms with van der Waals surface area (Å²) in [5, 5.41) is 0. The minimum Gasteiger partial charge on any atom is -0.355 e. The quantitative estimate of drug-likeness (QED) is 0.909. The molecule has 0 aliphatic carbocycles. The largest absolute Gasteiger partial charge is 0.355 e. The van der Waals surface area contributed by atoms with Crippen LogP contribution in [0.2, 0.25) is 0 Å². The first-order valence-electron chi connectivity index (χ1n) is 7.66. The second-order valence-corrected chi connectivity index (χ2v) is 6.24. The molecule has 2 nitrogen and oxygen atoms in total. The molecule has 3 heteroatoms. The second kappa shape index (κ2) is 6.41. The first kappa shape index (κ1) is 17.0. The molecule has 0 fully saturated rings. The molecule has 2 N–H and O–H groups in total. The van der Waals surface area contributed by atoms with Gasteiger partial charge in [-0.05, 0) is 49.9 Å². The highest BCUT2D eigenvalue weighted by molar-refractivity contribution is 5.85. The predicted molar refractivity (Wildman–Crippen MR) is 93.3 cm³/mol. The average molecular weight is 318 g/mol. The van der Waals surface area contributed by atoms with Crippen molar-refractivity contribution >= 4 is 12.4 Å². The number of rotatable bonds is 4. The van der Waals surface area contributed by atoms with Gasteiger partial charge in [-0.3, -0.25) is 0 Å². The number of benzene rings is 2. The molecular formula is C19H24ClNO. The van der Waals surface area contributed by atoms with Gasteiger partial charge in [-0.15, -0.1) is 12.4 Å². The molecule has 0 aromatic heterocycles. The normalized spacial score (nSPS) is 22.0. The highest BCUT2D eigenvalue weighted by Crippen LogP contribution is 2.52. The molecular weight excluding hydrogens is 294 g/mol. The van der Waals surface area contributed by atoms with E-state index in [9.17, 15) is 0 Å². The summed E-state index contributed by atoms with van der Waals surface area (Å²) in [4.78, 5) is 0. The minimum atomic E-state index is -0.374. The van der Waals surface area contributed by atoms with Crippen molar-refractivity contribution in [1.82, 2.24) is 0 Å². The van der Waals surface area contributed by atoms with Crippen LogP contribution >= 0.6 is 12.4 Å². The van der Waals surface area contributed by atoms with Gasteiger partial charge in [0.1, 0.15) is 5.60 Å². The smallest absolute Gasteiger partial charge is 0.120 e. The second-order valence-electron chi connectivity index (χ2n) is 6.24. The van der Waals surface area contributed by atoms with Crippen LogP contribution in [0.3, 0.4) is 0 Å². The highest BCUT2D eigenvalue weighted by atomic mass is 35.5. The van der Waals surface area contributed by atoms with E-state index in [0.717, 1.165) is 12.8 Å². The lowest BCUT2D eigenvalue weighted by Crippen LogP contribution is -2.31. The van der Waals surface area contributed by atoms with Crippen LogP contribution in [0.15, 0.2) is 54.6 Å². The van der Waals surface area contributed by atoms with Crippen LogP contribution in [0.1, 0.15) is 43.4 Å². The van der Waals surface area contributed by atoms with E-state index in [1.165, 1.54) is 16.7 Å². The van der Waals surface area contributed by atoms with E-state index in [0.29, 0.717) is 6.54 Å². The third-order valence-electron chi connectivity index (χ3n) is 4.41. The molecule has 22 heavy (non-hydrogen) atoms. The van der Waals surface area contributed by atoms with Crippen molar-refractivity contribution < 1.29 is 4.74 Å². The fourth-order valence-electron chi connectivity index (χ4n) is 3.51. The molecule has 2 aromatic rings. The summed E-state index contributed by atoms with van der Waals surface area (Å²) in [5.41, 5.74) is 8.91. The van der Waals surface area contributed by atoms with Gasteiger partial charge in [-0.1, -0.05) is 54.6 Å². The summed E-state index contributed by atoms with van der Waals surface area (Å²) in [7, 11) is 0. The molecule has 1 unspecified atom stereocenters. The van der Waals surface area contributed by atoms with Gasteiger partial charge in [0.05, 0.1) is 5.60 Å². The molecule has 1 heterocycles. The van der Waals surface area contributed by atoms with Crippen LogP contribution in [0.4, 0.5) is 0 Å². The van der Waals surface area contributed by atoms with Crippen LogP contribution < -0.4 is 5.73 Å². The van der Waals surface area contributed by atoms with Crippen LogP contribution in [-0.2, 0) is 15.9 Å². The number of halogens is 1. The van der Waals surface area contributed by atoms with E-state index >= 15 is 0 Å². The Hall–Kier alpha value is -1.35. The van der Waals surface area contributed by atoms with Gasteiger partial charge >= 0.3 is 0 Å². The summed E-state index contributed by atoms with van der Waals surface area (Å²) in [6, 6.07) is 19.1. The topological polar surface area (TPSA) is 35.2 Å². The van der Waals surface area contributed by atoms with E-state index in [1.807, 2.05) is 6.07 Å². The molecule has 118 valence electrons. The molecule has 1 aliphatic heterocycles. The number of nitrogens with two attached hydrogens (primary N) is 1. The Morgan fingerprint density at radius 2 is 1.50 bits per heavy atom. The van der Waals surface area contributed by atoms with Crippen molar-refractivity contribution in [1.29, 1.82) is 0 Å². The SMILES string of the molecule is CC1(C)OC(CCCN)(c2ccccc2)c2ccccc21.Cl. The van der Waals surface area contributed by atoms with Crippen molar-refractivity contribution in [3.63, 3.8) is 0 Å². The zero-order valence-electron chi connectivity index (χ0n) is 13.2. The fourth-order valence-corrected chi connectivity index (χ4v) is 3.51. The monoisotopic (exact) mass is 317 g/mol. The van der Waals surface area contributed by atoms with Crippen LogP contribution in [0.25, 0.3) is 0 Å². The molecule has 1 atom stereocenters. The van der Waals surface area contributed by atoms with E-state index < -0.39 is 0 Å². The zero-order chi connectivity index (χ0) is 14.9. The summed E-state index contributed by atoms with van der Waals surface area (Å²) in [6.07, 6.45) is 1.85. The van der Waals surface area contributed by atoms with Gasteiger partial charge in [0.15, 0.2) is 0 Å². The van der Waals surface area contributed by atoms with Gasteiger partial charge in [0.2, 0.25) is 0 Å². The van der Waals surface area contributed by atoms with Gasteiger partial charge in [0, 0.05) is 0 Å². The van der Waals surface area contributed by atoms with Crippen LogP contribution in [0, 0.1) is 0 Å². The van der Waals surface area contributed by atoms with Crippen LogP contribution in [0.5, 0.6) is 0 Å². The van der Waals surface area contributed by atoms with Crippen LogP contribution in [-0.4, -0.2) is 6.54 Å². The molecule has 0 amide bonds. The summed E-state index contributed by atoms with van der Waals surface area (Å²) < 4.78 is 6.64. The molecule has 2 aromatic carbocycles. The zero-order valence-corrected chi connectivity index (χ0v) is 14.0. The Bertz CT molecular complexity index is 626. The lowest BCUT2D eigenvalue weighted by atomic mass is 9.81. The molecule has 0 spiro atoms. The number of ether oxygens (including phenoxy) is 1. The molecule has 0 bridgehead atoms. The van der Waals surface area contributed by atoms with Gasteiger partial charge in [0.25, 0.3) is 0 Å². The van der Waals surface area contributed by atoms with E-state index in [4.69, 9.17) is 10.5 Å². The molecule has 0 saturated heterocycles. The molecule has 0 radical (unpaired) electrons. The first-order valence-corrected chi connectivity index (χ1v) is 7.66. The maximum atomic E-state index is 6.64. The Morgan fingerprint density at radius 3 is 2.14 bits per heavy atom. The summed E-state index contributed by atoms with van der Waals surface area (Å²) in [6.45, 7) is 4.98. The average Bonchev–Trinajstić information content (AvgIpc) is 2.75. The number of hydrogen-bond donors (Lipinski definition) is 1. The standard InChI is InChI=1S/C19H23NO.ClH/c1-18(2)16-11-6-7-12-17(16)19(21-18,13-8-14-20)15-9-4-3-5-10-15;/h3-7,9-12H,8,13-14,20H2,1-2H3;1H. The van der Waals surface area contributed by atoms with E-state index in [1.54, 1.807) is 0 Å². The maximum absolute atomic E-state index is 6.64. The third kappa shape index (κ3) is 2.67. The van der Waals surface area contributed by atoms with Gasteiger partial charge in [-0.25, -0.2) is 0 Å². The Balaban J connectivity index is 0.00000176. The Morgan fingerprint density at radius 1 is 0.909 bits per heavy atom. The van der Waals surface area contributed by atoms with Crippen molar-refractivity contribution in [2.24, 2.45) is 5.73 Å². The Kier molecular flexibility index (Phi) is 4.96. The summed E-state index contributed by atoms with van der Waals surface area (Å²) in [5.74, 6) is 0. The van der Waals surface area contributed by atoms with E-state index in [2.05, 4.69) is 62.4 Å². The van der Waals surface area contributed by atoms with Crippen molar-refractivity contribution in [2.75, 3.05) is 6.54 Å². The molecule has 3 rings (SSSR count).